The molecule has 9 heteroatoms. The number of hydrazone groups is 1. The molecule has 0 unspecified atom stereocenters. The van der Waals surface area contributed by atoms with Gasteiger partial charge in [0.25, 0.3) is 11.6 Å². The van der Waals surface area contributed by atoms with Gasteiger partial charge in [0, 0.05) is 17.3 Å². The van der Waals surface area contributed by atoms with Crippen LogP contribution in [0.3, 0.4) is 0 Å². The van der Waals surface area contributed by atoms with Gasteiger partial charge in [0.1, 0.15) is 11.6 Å². The summed E-state index contributed by atoms with van der Waals surface area (Å²) in [5, 5.41) is 18.8. The molecule has 0 aliphatic carbocycles. The van der Waals surface area contributed by atoms with Gasteiger partial charge in [-0.25, -0.2) is 5.43 Å². The van der Waals surface area contributed by atoms with Gasteiger partial charge in [0.15, 0.2) is 0 Å². The van der Waals surface area contributed by atoms with Gasteiger partial charge in [0.2, 0.25) is 0 Å². The van der Waals surface area contributed by atoms with Gasteiger partial charge in [0.05, 0.1) is 16.8 Å². The molecule has 1 amide bonds. The lowest BCUT2D eigenvalue weighted by Gasteiger charge is -2.02. The van der Waals surface area contributed by atoms with Crippen LogP contribution in [-0.2, 0) is 11.3 Å². The molecule has 0 saturated heterocycles. The molecule has 1 heterocycles. The van der Waals surface area contributed by atoms with E-state index in [2.05, 4.69) is 15.6 Å². The highest BCUT2D eigenvalue weighted by molar-refractivity contribution is 6.32. The van der Waals surface area contributed by atoms with Gasteiger partial charge in [-0.2, -0.15) is 10.2 Å². The molecule has 0 aliphatic heterocycles. The second-order valence-electron chi connectivity index (χ2n) is 4.85. The average Bonchev–Trinajstić information content (AvgIpc) is 2.78. The monoisotopic (exact) mass is 335 g/mol. The van der Waals surface area contributed by atoms with Crippen molar-refractivity contribution in [3.63, 3.8) is 0 Å². The normalized spacial score (nSPS) is 10.9. The summed E-state index contributed by atoms with van der Waals surface area (Å²) in [6, 6.07) is 6.10. The Hall–Kier alpha value is -2.74. The molecule has 2 rings (SSSR count). The van der Waals surface area contributed by atoms with Crippen LogP contribution in [0.15, 0.2) is 29.4 Å². The lowest BCUT2D eigenvalue weighted by Crippen LogP contribution is -2.24. The predicted octanol–water partition coefficient (Wildman–Crippen LogP) is 2.21. The van der Waals surface area contributed by atoms with E-state index in [0.717, 1.165) is 11.4 Å². The zero-order valence-electron chi connectivity index (χ0n) is 12.5. The predicted molar refractivity (Wildman–Crippen MR) is 85.5 cm³/mol. The van der Waals surface area contributed by atoms with Crippen LogP contribution in [0, 0.1) is 24.0 Å². The Labute approximate surface area is 136 Å². The maximum Gasteiger partial charge on any atom is 0.288 e. The second kappa shape index (κ2) is 7.01. The van der Waals surface area contributed by atoms with E-state index < -0.39 is 4.92 Å². The smallest absolute Gasteiger partial charge is 0.271 e. The van der Waals surface area contributed by atoms with E-state index in [9.17, 15) is 14.9 Å². The van der Waals surface area contributed by atoms with Crippen LogP contribution in [0.4, 0.5) is 5.69 Å². The number of aryl methyl sites for hydroxylation is 2. The molecule has 8 nitrogen and oxygen atoms in total. The molecule has 1 N–H and O–H groups in total. The summed E-state index contributed by atoms with van der Waals surface area (Å²) in [7, 11) is 0. The topological polar surface area (TPSA) is 102 Å². The number of nitrogens with zero attached hydrogens (tertiary/aromatic N) is 4. The van der Waals surface area contributed by atoms with Gasteiger partial charge in [-0.05, 0) is 26.0 Å². The molecular formula is C14H14ClN5O3. The fraction of sp³-hybridized carbons (Fsp3) is 0.214. The number of rotatable bonds is 5. The Morgan fingerprint density at radius 1 is 1.48 bits per heavy atom. The molecule has 2 aromatic rings. The molecule has 0 radical (unpaired) electrons. The van der Waals surface area contributed by atoms with Crippen molar-refractivity contribution in [1.29, 1.82) is 0 Å². The number of carbonyl (C=O) groups is 1. The number of hydrogen-bond donors (Lipinski definition) is 1. The molecule has 0 atom stereocenters. The fourth-order valence-corrected chi connectivity index (χ4v) is 2.12. The van der Waals surface area contributed by atoms with Crippen molar-refractivity contribution in [3.8, 4) is 0 Å². The number of nitrogens with one attached hydrogen (secondary N) is 1. The van der Waals surface area contributed by atoms with Crippen molar-refractivity contribution in [1.82, 2.24) is 15.2 Å². The summed E-state index contributed by atoms with van der Waals surface area (Å²) in [6.07, 6.45) is 1.31. The van der Waals surface area contributed by atoms with Crippen molar-refractivity contribution in [2.24, 2.45) is 5.10 Å². The van der Waals surface area contributed by atoms with E-state index in [1.54, 1.807) is 10.7 Å². The third kappa shape index (κ3) is 4.36. The number of halogens is 1. The van der Waals surface area contributed by atoms with Crippen molar-refractivity contribution >= 4 is 29.4 Å². The van der Waals surface area contributed by atoms with Gasteiger partial charge >= 0.3 is 0 Å². The molecule has 0 aliphatic rings. The first-order valence-corrected chi connectivity index (χ1v) is 7.01. The summed E-state index contributed by atoms with van der Waals surface area (Å²) in [6.45, 7) is 3.73. The highest BCUT2D eigenvalue weighted by atomic mass is 35.5. The number of amides is 1. The zero-order chi connectivity index (χ0) is 17.0. The largest absolute Gasteiger partial charge is 0.288 e. The molecule has 0 saturated carbocycles. The quantitative estimate of drug-likeness (QED) is 0.514. The van der Waals surface area contributed by atoms with Crippen LogP contribution in [0.2, 0.25) is 5.02 Å². The van der Waals surface area contributed by atoms with Crippen molar-refractivity contribution in [2.75, 3.05) is 0 Å². The lowest BCUT2D eigenvalue weighted by atomic mass is 10.2. The Morgan fingerprint density at radius 2 is 2.22 bits per heavy atom. The first-order chi connectivity index (χ1) is 10.9. The van der Waals surface area contributed by atoms with E-state index in [-0.39, 0.29) is 23.2 Å². The average molecular weight is 336 g/mol. The van der Waals surface area contributed by atoms with Crippen LogP contribution in [0.25, 0.3) is 0 Å². The first kappa shape index (κ1) is 16.6. The maximum atomic E-state index is 11.8. The highest BCUT2D eigenvalue weighted by Crippen LogP contribution is 2.24. The minimum atomic E-state index is -0.582. The number of hydrogen-bond acceptors (Lipinski definition) is 5. The van der Waals surface area contributed by atoms with Crippen molar-refractivity contribution < 1.29 is 9.72 Å². The van der Waals surface area contributed by atoms with Crippen LogP contribution in [0.5, 0.6) is 0 Å². The molecule has 120 valence electrons. The molecular weight excluding hydrogens is 322 g/mol. The number of nitro benzene ring substituents is 1. The van der Waals surface area contributed by atoms with Crippen molar-refractivity contribution in [3.05, 3.63) is 56.4 Å². The second-order valence-corrected chi connectivity index (χ2v) is 5.25. The minimum Gasteiger partial charge on any atom is -0.271 e. The zero-order valence-corrected chi connectivity index (χ0v) is 13.2. The number of nitro groups is 1. The Morgan fingerprint density at radius 3 is 2.83 bits per heavy atom. The third-order valence-corrected chi connectivity index (χ3v) is 3.29. The van der Waals surface area contributed by atoms with Crippen LogP contribution >= 0.6 is 11.6 Å². The molecule has 1 aromatic heterocycles. The molecule has 1 aromatic carbocycles. The molecule has 0 bridgehead atoms. The van der Waals surface area contributed by atoms with E-state index in [1.807, 2.05) is 19.9 Å². The number of carbonyl (C=O) groups excluding carboxylic acids is 1. The summed E-state index contributed by atoms with van der Waals surface area (Å²) in [4.78, 5) is 22.0. The van der Waals surface area contributed by atoms with E-state index in [0.29, 0.717) is 5.56 Å². The standard InChI is InChI=1S/C14H14ClN5O3/c1-9-5-10(2)19(18-9)8-14(21)17-16-7-11-3-4-12(15)13(6-11)20(22)23/h3-7H,8H2,1-2H3,(H,17,21)/b16-7-. The summed E-state index contributed by atoms with van der Waals surface area (Å²) >= 11 is 5.72. The minimum absolute atomic E-state index is 0.0395. The Bertz CT molecular complexity index is 785. The molecule has 0 fully saturated rings. The van der Waals surface area contributed by atoms with Gasteiger partial charge < -0.3 is 0 Å². The van der Waals surface area contributed by atoms with E-state index >= 15 is 0 Å². The van der Waals surface area contributed by atoms with Gasteiger partial charge in [-0.1, -0.05) is 17.7 Å². The summed E-state index contributed by atoms with van der Waals surface area (Å²) in [5.41, 5.74) is 4.28. The Kier molecular flexibility index (Phi) is 5.07. The maximum absolute atomic E-state index is 11.8. The van der Waals surface area contributed by atoms with Gasteiger partial charge in [-0.3, -0.25) is 19.6 Å². The van der Waals surface area contributed by atoms with Crippen LogP contribution in [-0.4, -0.2) is 26.8 Å². The van der Waals surface area contributed by atoms with E-state index in [4.69, 9.17) is 11.6 Å². The van der Waals surface area contributed by atoms with Gasteiger partial charge in [-0.15, -0.1) is 0 Å². The van der Waals surface area contributed by atoms with Crippen LogP contribution < -0.4 is 5.43 Å². The first-order valence-electron chi connectivity index (χ1n) is 6.63. The lowest BCUT2D eigenvalue weighted by molar-refractivity contribution is -0.384. The molecule has 23 heavy (non-hydrogen) atoms. The molecule has 0 spiro atoms. The van der Waals surface area contributed by atoms with Crippen LogP contribution in [0.1, 0.15) is 17.0 Å². The Balaban J connectivity index is 1.99. The summed E-state index contributed by atoms with van der Waals surface area (Å²) in [5.74, 6) is -0.351. The number of aromatic nitrogens is 2. The van der Waals surface area contributed by atoms with E-state index in [1.165, 1.54) is 18.3 Å². The van der Waals surface area contributed by atoms with Crippen molar-refractivity contribution in [2.45, 2.75) is 20.4 Å². The summed E-state index contributed by atoms with van der Waals surface area (Å²) < 4.78 is 1.56. The fourth-order valence-electron chi connectivity index (χ4n) is 1.94. The SMILES string of the molecule is Cc1cc(C)n(CC(=O)N/N=C\c2ccc(Cl)c([N+](=O)[O-])c2)n1. The highest BCUT2D eigenvalue weighted by Gasteiger charge is 2.12. The number of benzene rings is 1. The third-order valence-electron chi connectivity index (χ3n) is 2.97.